The summed E-state index contributed by atoms with van der Waals surface area (Å²) in [5.74, 6) is 0.931. The minimum Gasteiger partial charge on any atom is -0.497 e. The molecule has 1 saturated heterocycles. The van der Waals surface area contributed by atoms with Crippen LogP contribution in [0.15, 0.2) is 65.5 Å². The Kier molecular flexibility index (Phi) is 6.56. The van der Waals surface area contributed by atoms with E-state index in [1.54, 1.807) is 29.9 Å². The average molecular weight is 499 g/mol. The van der Waals surface area contributed by atoms with Gasteiger partial charge in [0.15, 0.2) is 0 Å². The van der Waals surface area contributed by atoms with E-state index in [4.69, 9.17) is 14.5 Å². The van der Waals surface area contributed by atoms with E-state index < -0.39 is 5.97 Å². The molecule has 2 heterocycles. The van der Waals surface area contributed by atoms with Gasteiger partial charge in [0, 0.05) is 31.9 Å². The molecule has 190 valence electrons. The van der Waals surface area contributed by atoms with Crippen molar-refractivity contribution in [3.05, 3.63) is 87.7 Å². The topological polar surface area (TPSA) is 76.9 Å². The molecule has 0 atom stereocenters. The fourth-order valence-electron chi connectivity index (χ4n) is 4.69. The summed E-state index contributed by atoms with van der Waals surface area (Å²) >= 11 is 0. The molecule has 3 aromatic carbocycles. The summed E-state index contributed by atoms with van der Waals surface area (Å²) in [6.07, 6.45) is 0. The molecule has 0 N–H and O–H groups in total. The van der Waals surface area contributed by atoms with E-state index in [2.05, 4.69) is 21.9 Å². The lowest BCUT2D eigenvalue weighted by Crippen LogP contribution is -2.48. The molecule has 8 heteroatoms. The molecule has 1 aliphatic heterocycles. The number of esters is 1. The molecule has 8 nitrogen and oxygen atoms in total. The molecule has 0 amide bonds. The molecule has 1 aliphatic rings. The Labute approximate surface area is 215 Å². The first-order valence-corrected chi connectivity index (χ1v) is 12.3. The second-order valence-electron chi connectivity index (χ2n) is 9.22. The number of rotatable bonds is 5. The number of nitrogens with zero attached hydrogens (tertiary/aromatic N) is 4. The first-order chi connectivity index (χ1) is 17.9. The van der Waals surface area contributed by atoms with Crippen molar-refractivity contribution in [2.24, 2.45) is 0 Å². The first-order valence-electron chi connectivity index (χ1n) is 12.3. The summed E-state index contributed by atoms with van der Waals surface area (Å²) in [5.41, 5.74) is 4.82. The first kappa shape index (κ1) is 24.4. The third-order valence-electron chi connectivity index (χ3n) is 7.02. The van der Waals surface area contributed by atoms with Crippen LogP contribution in [0.4, 0.5) is 11.6 Å². The van der Waals surface area contributed by atoms with Gasteiger partial charge in [-0.1, -0.05) is 6.07 Å². The molecule has 0 aliphatic carbocycles. The number of ether oxygens (including phenoxy) is 2. The van der Waals surface area contributed by atoms with Crippen molar-refractivity contribution in [2.45, 2.75) is 13.8 Å². The Bertz CT molecular complexity index is 1520. The number of hydrogen-bond donors (Lipinski definition) is 0. The fraction of sp³-hybridized carbons (Fsp3) is 0.276. The number of carbonyl (C=O) groups excluding carboxylic acids is 1. The molecular weight excluding hydrogens is 468 g/mol. The number of benzene rings is 3. The van der Waals surface area contributed by atoms with E-state index in [9.17, 15) is 9.59 Å². The Morgan fingerprint density at radius 1 is 0.811 bits per heavy atom. The van der Waals surface area contributed by atoms with Gasteiger partial charge in [0.1, 0.15) is 5.75 Å². The van der Waals surface area contributed by atoms with Crippen LogP contribution in [-0.2, 0) is 4.74 Å². The Hall–Kier alpha value is -4.33. The van der Waals surface area contributed by atoms with Gasteiger partial charge < -0.3 is 19.3 Å². The molecule has 1 fully saturated rings. The zero-order valence-electron chi connectivity index (χ0n) is 21.5. The van der Waals surface area contributed by atoms with E-state index >= 15 is 0 Å². The van der Waals surface area contributed by atoms with Crippen LogP contribution < -0.4 is 20.1 Å². The van der Waals surface area contributed by atoms with Gasteiger partial charge in [-0.2, -0.15) is 0 Å². The van der Waals surface area contributed by atoms with Crippen LogP contribution in [0.5, 0.6) is 5.75 Å². The number of aryl methyl sites for hydroxylation is 2. The zero-order valence-corrected chi connectivity index (χ0v) is 21.5. The van der Waals surface area contributed by atoms with Crippen molar-refractivity contribution in [1.29, 1.82) is 0 Å². The lowest BCUT2D eigenvalue weighted by molar-refractivity contribution is 0.0601. The highest BCUT2D eigenvalue weighted by atomic mass is 16.5. The van der Waals surface area contributed by atoms with Crippen LogP contribution in [0.3, 0.4) is 0 Å². The smallest absolute Gasteiger partial charge is 0.337 e. The molecular formula is C29H30N4O4. The molecule has 1 aromatic heterocycles. The van der Waals surface area contributed by atoms with E-state index in [-0.39, 0.29) is 5.56 Å². The number of anilines is 2. The highest BCUT2D eigenvalue weighted by Gasteiger charge is 2.24. The standard InChI is InChI=1S/C29H30N4O4/c1-19-5-7-23(17-20(19)2)33-27(34)25-12-6-21(28(35)37-4)18-26(25)30-29(33)32-15-13-31(14-16-32)22-8-10-24(36-3)11-9-22/h5-12,17-18H,13-16H2,1-4H3. The zero-order chi connectivity index (χ0) is 26.1. The van der Waals surface area contributed by atoms with Crippen LogP contribution in [0.25, 0.3) is 16.6 Å². The van der Waals surface area contributed by atoms with Gasteiger partial charge in [0.05, 0.1) is 36.4 Å². The van der Waals surface area contributed by atoms with Crippen LogP contribution in [-0.4, -0.2) is 55.9 Å². The average Bonchev–Trinajstić information content (AvgIpc) is 2.94. The van der Waals surface area contributed by atoms with E-state index in [0.29, 0.717) is 35.5 Å². The van der Waals surface area contributed by atoms with Crippen molar-refractivity contribution >= 4 is 28.5 Å². The van der Waals surface area contributed by atoms with Crippen LogP contribution in [0, 0.1) is 13.8 Å². The third-order valence-corrected chi connectivity index (χ3v) is 7.02. The maximum atomic E-state index is 13.8. The molecule has 4 aromatic rings. The summed E-state index contributed by atoms with van der Waals surface area (Å²) in [4.78, 5) is 35.4. The summed E-state index contributed by atoms with van der Waals surface area (Å²) in [6.45, 7) is 7.00. The second-order valence-corrected chi connectivity index (χ2v) is 9.22. The minimum atomic E-state index is -0.461. The van der Waals surface area contributed by atoms with Gasteiger partial charge in [-0.25, -0.2) is 14.3 Å². The number of carbonyl (C=O) groups is 1. The van der Waals surface area contributed by atoms with E-state index in [1.165, 1.54) is 7.11 Å². The summed E-state index contributed by atoms with van der Waals surface area (Å²) < 4.78 is 11.8. The van der Waals surface area contributed by atoms with Gasteiger partial charge in [-0.15, -0.1) is 0 Å². The largest absolute Gasteiger partial charge is 0.497 e. The van der Waals surface area contributed by atoms with Crippen LogP contribution >= 0.6 is 0 Å². The molecule has 0 unspecified atom stereocenters. The van der Waals surface area contributed by atoms with Crippen LogP contribution in [0.1, 0.15) is 21.5 Å². The molecule has 5 rings (SSSR count). The van der Waals surface area contributed by atoms with Crippen molar-refractivity contribution in [1.82, 2.24) is 9.55 Å². The molecule has 37 heavy (non-hydrogen) atoms. The summed E-state index contributed by atoms with van der Waals surface area (Å²) in [7, 11) is 3.00. The van der Waals surface area contributed by atoms with Gasteiger partial charge in [0.25, 0.3) is 5.56 Å². The highest BCUT2D eigenvalue weighted by molar-refractivity contribution is 5.94. The van der Waals surface area contributed by atoms with Gasteiger partial charge in [-0.3, -0.25) is 4.79 Å². The van der Waals surface area contributed by atoms with E-state index in [1.807, 2.05) is 44.2 Å². The van der Waals surface area contributed by atoms with Crippen molar-refractivity contribution < 1.29 is 14.3 Å². The SMILES string of the molecule is COC(=O)c1ccc2c(=O)n(-c3ccc(C)c(C)c3)c(N3CCN(c4ccc(OC)cc4)CC3)nc2c1. The Morgan fingerprint density at radius 2 is 1.49 bits per heavy atom. The Morgan fingerprint density at radius 3 is 2.14 bits per heavy atom. The summed E-state index contributed by atoms with van der Waals surface area (Å²) in [5, 5.41) is 0.450. The number of aromatic nitrogens is 2. The van der Waals surface area contributed by atoms with Crippen LogP contribution in [0.2, 0.25) is 0 Å². The normalized spacial score (nSPS) is 13.6. The monoisotopic (exact) mass is 498 g/mol. The predicted molar refractivity (Wildman–Crippen MR) is 146 cm³/mol. The lowest BCUT2D eigenvalue weighted by Gasteiger charge is -2.37. The predicted octanol–water partition coefficient (Wildman–Crippen LogP) is 4.12. The van der Waals surface area contributed by atoms with E-state index in [0.717, 1.165) is 41.3 Å². The molecule has 0 spiro atoms. The minimum absolute atomic E-state index is 0.169. The van der Waals surface area contributed by atoms with Gasteiger partial charge in [0.2, 0.25) is 5.95 Å². The summed E-state index contributed by atoms with van der Waals surface area (Å²) in [6, 6.07) is 18.9. The maximum absolute atomic E-state index is 13.8. The number of methoxy groups -OCH3 is 2. The number of fused-ring (bicyclic) bond motifs is 1. The van der Waals surface area contributed by atoms with Gasteiger partial charge >= 0.3 is 5.97 Å². The second kappa shape index (κ2) is 9.97. The number of piperazine rings is 1. The number of hydrogen-bond acceptors (Lipinski definition) is 7. The van der Waals surface area contributed by atoms with Crippen molar-refractivity contribution in [2.75, 3.05) is 50.2 Å². The van der Waals surface area contributed by atoms with Crippen molar-refractivity contribution in [3.8, 4) is 11.4 Å². The highest BCUT2D eigenvalue weighted by Crippen LogP contribution is 2.25. The molecule has 0 bridgehead atoms. The third kappa shape index (κ3) is 4.62. The quantitative estimate of drug-likeness (QED) is 0.383. The maximum Gasteiger partial charge on any atom is 0.337 e. The van der Waals surface area contributed by atoms with Gasteiger partial charge in [-0.05, 0) is 79.6 Å². The molecule has 0 radical (unpaired) electrons. The fourth-order valence-corrected chi connectivity index (χ4v) is 4.69. The van der Waals surface area contributed by atoms with Crippen molar-refractivity contribution in [3.63, 3.8) is 0 Å². The Balaban J connectivity index is 1.56. The lowest BCUT2D eigenvalue weighted by atomic mass is 10.1. The molecule has 0 saturated carbocycles.